The van der Waals surface area contributed by atoms with E-state index < -0.39 is 12.0 Å². The van der Waals surface area contributed by atoms with Crippen molar-refractivity contribution >= 4 is 17.8 Å². The highest BCUT2D eigenvalue weighted by Crippen LogP contribution is 2.23. The van der Waals surface area contributed by atoms with Gasteiger partial charge < -0.3 is 9.63 Å². The van der Waals surface area contributed by atoms with Crippen molar-refractivity contribution in [2.24, 2.45) is 5.92 Å². The number of carboxylic acids is 1. The van der Waals surface area contributed by atoms with Crippen LogP contribution in [-0.4, -0.2) is 34.7 Å². The third-order valence-electron chi connectivity index (χ3n) is 3.50. The number of carbonyl (C=O) groups is 2. The third kappa shape index (κ3) is 5.14. The van der Waals surface area contributed by atoms with Crippen LogP contribution in [0.4, 0.5) is 5.88 Å². The maximum Gasteiger partial charge on any atom is 0.320 e. The monoisotopic (exact) mass is 311 g/mol. The summed E-state index contributed by atoms with van der Waals surface area (Å²) in [6.45, 7) is 9.60. The Morgan fingerprint density at radius 2 is 2.05 bits per heavy atom. The van der Waals surface area contributed by atoms with Crippen LogP contribution < -0.4 is 10.6 Å². The highest BCUT2D eigenvalue weighted by molar-refractivity contribution is 5.91. The SMILES string of the molecule is CC[C@H](C)[C@H](NCC(=O)Nc1cc(C(C)(C)C)no1)C(=O)O. The van der Waals surface area contributed by atoms with Gasteiger partial charge in [0.1, 0.15) is 6.04 Å². The van der Waals surface area contributed by atoms with Crippen LogP contribution in [0, 0.1) is 5.92 Å². The van der Waals surface area contributed by atoms with Gasteiger partial charge >= 0.3 is 5.97 Å². The van der Waals surface area contributed by atoms with Crippen molar-refractivity contribution in [2.45, 2.75) is 52.5 Å². The Hall–Kier alpha value is -1.89. The summed E-state index contributed by atoms with van der Waals surface area (Å²) in [6, 6.07) is 0.914. The first kappa shape index (κ1) is 18.2. The zero-order valence-corrected chi connectivity index (χ0v) is 13.8. The van der Waals surface area contributed by atoms with Crippen molar-refractivity contribution in [1.82, 2.24) is 10.5 Å². The predicted molar refractivity (Wildman–Crippen MR) is 82.7 cm³/mol. The van der Waals surface area contributed by atoms with Crippen LogP contribution in [0.2, 0.25) is 0 Å². The highest BCUT2D eigenvalue weighted by Gasteiger charge is 2.24. The molecule has 0 saturated carbocycles. The Bertz CT molecular complexity index is 519. The van der Waals surface area contributed by atoms with Gasteiger partial charge in [-0.2, -0.15) is 0 Å². The molecule has 1 rings (SSSR count). The van der Waals surface area contributed by atoms with Gasteiger partial charge in [-0.1, -0.05) is 46.2 Å². The van der Waals surface area contributed by atoms with Gasteiger partial charge in [-0.25, -0.2) is 0 Å². The first-order valence-corrected chi connectivity index (χ1v) is 7.38. The van der Waals surface area contributed by atoms with Crippen LogP contribution in [0.25, 0.3) is 0 Å². The molecule has 0 radical (unpaired) electrons. The summed E-state index contributed by atoms with van der Waals surface area (Å²) in [4.78, 5) is 23.0. The summed E-state index contributed by atoms with van der Waals surface area (Å²) >= 11 is 0. The fourth-order valence-corrected chi connectivity index (χ4v) is 1.84. The number of rotatable bonds is 7. The molecule has 0 unspecified atom stereocenters. The maximum absolute atomic E-state index is 11.9. The lowest BCUT2D eigenvalue weighted by Gasteiger charge is -2.19. The van der Waals surface area contributed by atoms with Gasteiger partial charge in [0.2, 0.25) is 11.8 Å². The molecule has 22 heavy (non-hydrogen) atoms. The number of hydrogen-bond donors (Lipinski definition) is 3. The molecule has 1 heterocycles. The highest BCUT2D eigenvalue weighted by atomic mass is 16.5. The van der Waals surface area contributed by atoms with Crippen LogP contribution in [-0.2, 0) is 15.0 Å². The van der Waals surface area contributed by atoms with Gasteiger partial charge in [0.25, 0.3) is 0 Å². The van der Waals surface area contributed by atoms with Crippen LogP contribution >= 0.6 is 0 Å². The molecule has 0 aliphatic heterocycles. The van der Waals surface area contributed by atoms with E-state index >= 15 is 0 Å². The third-order valence-corrected chi connectivity index (χ3v) is 3.50. The van der Waals surface area contributed by atoms with Crippen molar-refractivity contribution < 1.29 is 19.2 Å². The molecule has 0 bridgehead atoms. The Morgan fingerprint density at radius 1 is 1.41 bits per heavy atom. The van der Waals surface area contributed by atoms with E-state index in [1.165, 1.54) is 0 Å². The molecule has 124 valence electrons. The van der Waals surface area contributed by atoms with Gasteiger partial charge in [-0.3, -0.25) is 20.2 Å². The number of aromatic nitrogens is 1. The molecule has 1 amide bonds. The molecule has 0 saturated heterocycles. The quantitative estimate of drug-likeness (QED) is 0.711. The molecule has 7 nitrogen and oxygen atoms in total. The smallest absolute Gasteiger partial charge is 0.320 e. The van der Waals surface area contributed by atoms with E-state index in [1.54, 1.807) is 6.07 Å². The van der Waals surface area contributed by atoms with Gasteiger partial charge in [-0.05, 0) is 5.92 Å². The Morgan fingerprint density at radius 3 is 2.50 bits per heavy atom. The predicted octanol–water partition coefficient (Wildman–Crippen LogP) is 2.00. The standard InChI is InChI=1S/C15H25N3O4/c1-6-9(2)13(14(20)21)16-8-11(19)17-12-7-10(18-22-12)15(3,4)5/h7,9,13,16H,6,8H2,1-5H3,(H,17,19)(H,20,21)/t9-,13-/m0/s1. The minimum absolute atomic E-state index is 0.0666. The van der Waals surface area contributed by atoms with Crippen LogP contribution in [0.5, 0.6) is 0 Å². The lowest BCUT2D eigenvalue weighted by Crippen LogP contribution is -2.45. The minimum atomic E-state index is -0.961. The topological polar surface area (TPSA) is 104 Å². The number of aliphatic carboxylic acids is 1. The fourth-order valence-electron chi connectivity index (χ4n) is 1.84. The molecule has 0 aromatic carbocycles. The van der Waals surface area contributed by atoms with Crippen LogP contribution in [0.1, 0.15) is 46.7 Å². The number of nitrogens with zero attached hydrogens (tertiary/aromatic N) is 1. The Labute approximate surface area is 130 Å². The average Bonchev–Trinajstić information content (AvgIpc) is 2.86. The second kappa shape index (κ2) is 7.40. The number of anilines is 1. The summed E-state index contributed by atoms with van der Waals surface area (Å²) < 4.78 is 5.06. The molecule has 1 aromatic heterocycles. The maximum atomic E-state index is 11.9. The zero-order valence-electron chi connectivity index (χ0n) is 13.8. The second-order valence-corrected chi connectivity index (χ2v) is 6.46. The lowest BCUT2D eigenvalue weighted by molar-refractivity contribution is -0.140. The van der Waals surface area contributed by atoms with Gasteiger partial charge in [0, 0.05) is 11.5 Å². The summed E-state index contributed by atoms with van der Waals surface area (Å²) in [7, 11) is 0. The molecule has 3 N–H and O–H groups in total. The normalized spacial score (nSPS) is 14.4. The summed E-state index contributed by atoms with van der Waals surface area (Å²) in [5.41, 5.74) is 0.564. The summed E-state index contributed by atoms with van der Waals surface area (Å²) in [6.07, 6.45) is 0.711. The zero-order chi connectivity index (χ0) is 16.9. The number of hydrogen-bond acceptors (Lipinski definition) is 5. The summed E-state index contributed by atoms with van der Waals surface area (Å²) in [5.74, 6) is -1.14. The molecule has 1 aromatic rings. The van der Waals surface area contributed by atoms with Crippen molar-refractivity contribution in [1.29, 1.82) is 0 Å². The van der Waals surface area contributed by atoms with E-state index in [1.807, 2.05) is 34.6 Å². The molecule has 7 heteroatoms. The molecule has 0 spiro atoms. The molecule has 0 aliphatic rings. The molecular weight excluding hydrogens is 286 g/mol. The van der Waals surface area contributed by atoms with E-state index in [9.17, 15) is 9.59 Å². The van der Waals surface area contributed by atoms with E-state index in [4.69, 9.17) is 9.63 Å². The van der Waals surface area contributed by atoms with E-state index in [0.29, 0.717) is 6.42 Å². The van der Waals surface area contributed by atoms with E-state index in [-0.39, 0.29) is 29.7 Å². The molecule has 0 aliphatic carbocycles. The minimum Gasteiger partial charge on any atom is -0.480 e. The van der Waals surface area contributed by atoms with E-state index in [2.05, 4.69) is 15.8 Å². The Balaban J connectivity index is 2.56. The number of carbonyl (C=O) groups excluding carboxylic acids is 1. The fraction of sp³-hybridized carbons (Fsp3) is 0.667. The van der Waals surface area contributed by atoms with E-state index in [0.717, 1.165) is 5.69 Å². The van der Waals surface area contributed by atoms with Crippen LogP contribution in [0.3, 0.4) is 0 Å². The number of carboxylic acid groups (broad SMARTS) is 1. The average molecular weight is 311 g/mol. The van der Waals surface area contributed by atoms with Crippen molar-refractivity contribution in [3.05, 3.63) is 11.8 Å². The van der Waals surface area contributed by atoms with Crippen LogP contribution in [0.15, 0.2) is 10.6 Å². The van der Waals surface area contributed by atoms with Gasteiger partial charge in [0.15, 0.2) is 0 Å². The first-order valence-electron chi connectivity index (χ1n) is 7.38. The Kier molecular flexibility index (Phi) is 6.11. The molecular formula is C15H25N3O4. The van der Waals surface area contributed by atoms with Gasteiger partial charge in [0.05, 0.1) is 12.2 Å². The number of nitrogens with one attached hydrogen (secondary N) is 2. The largest absolute Gasteiger partial charge is 0.480 e. The molecule has 2 atom stereocenters. The second-order valence-electron chi connectivity index (χ2n) is 6.46. The summed E-state index contributed by atoms with van der Waals surface area (Å²) in [5, 5.41) is 18.4. The number of amides is 1. The van der Waals surface area contributed by atoms with Crippen molar-refractivity contribution in [3.8, 4) is 0 Å². The first-order chi connectivity index (χ1) is 10.1. The van der Waals surface area contributed by atoms with Crippen molar-refractivity contribution in [3.63, 3.8) is 0 Å². The molecule has 0 fully saturated rings. The van der Waals surface area contributed by atoms with Gasteiger partial charge in [-0.15, -0.1) is 0 Å². The lowest BCUT2D eigenvalue weighted by atomic mass is 9.92. The van der Waals surface area contributed by atoms with Crippen molar-refractivity contribution in [2.75, 3.05) is 11.9 Å².